The standard InChI is InChI=1S/C22H27ClN2O2S/c23-19-8-3-2-7-18(19)22(26)25-13-9-20-17(16-25)15-21(28-20)27-14-6-12-24-10-4-1-5-11-24/h2-3,7-8,15H,1,4-6,9-14,16H2. The van der Waals surface area contributed by atoms with Crippen molar-refractivity contribution in [3.05, 3.63) is 51.4 Å². The lowest BCUT2D eigenvalue weighted by Crippen LogP contribution is -2.35. The van der Waals surface area contributed by atoms with Crippen LogP contribution in [0.4, 0.5) is 0 Å². The van der Waals surface area contributed by atoms with Crippen molar-refractivity contribution in [1.29, 1.82) is 0 Å². The maximum Gasteiger partial charge on any atom is 0.255 e. The Morgan fingerprint density at radius 2 is 1.96 bits per heavy atom. The lowest BCUT2D eigenvalue weighted by molar-refractivity contribution is 0.0736. The molecule has 0 saturated carbocycles. The number of benzene rings is 1. The monoisotopic (exact) mass is 418 g/mol. The zero-order valence-corrected chi connectivity index (χ0v) is 17.7. The minimum atomic E-state index is 0.00597. The first-order valence-corrected chi connectivity index (χ1v) is 11.4. The lowest BCUT2D eigenvalue weighted by atomic mass is 10.1. The normalized spacial score (nSPS) is 17.4. The second-order valence-corrected chi connectivity index (χ2v) is 9.08. The Bertz CT molecular complexity index is 817. The molecule has 1 fully saturated rings. The van der Waals surface area contributed by atoms with Crippen LogP contribution in [-0.4, -0.2) is 48.5 Å². The number of ether oxygens (including phenoxy) is 1. The molecule has 4 nitrogen and oxygen atoms in total. The van der Waals surface area contributed by atoms with E-state index < -0.39 is 0 Å². The van der Waals surface area contributed by atoms with E-state index in [0.717, 1.165) is 37.6 Å². The largest absolute Gasteiger partial charge is 0.484 e. The summed E-state index contributed by atoms with van der Waals surface area (Å²) in [7, 11) is 0. The van der Waals surface area contributed by atoms with Crippen molar-refractivity contribution in [3.63, 3.8) is 0 Å². The molecule has 1 aromatic heterocycles. The van der Waals surface area contributed by atoms with Crippen LogP contribution in [0.5, 0.6) is 5.06 Å². The van der Waals surface area contributed by atoms with Gasteiger partial charge in [-0.3, -0.25) is 4.79 Å². The molecule has 150 valence electrons. The summed E-state index contributed by atoms with van der Waals surface area (Å²) < 4.78 is 6.02. The van der Waals surface area contributed by atoms with E-state index in [2.05, 4.69) is 11.0 Å². The predicted octanol–water partition coefficient (Wildman–Crippen LogP) is 4.85. The molecule has 28 heavy (non-hydrogen) atoms. The van der Waals surface area contributed by atoms with E-state index in [0.29, 0.717) is 17.1 Å². The molecular weight excluding hydrogens is 392 g/mol. The van der Waals surface area contributed by atoms with Gasteiger partial charge >= 0.3 is 0 Å². The molecule has 2 aromatic rings. The Kier molecular flexibility index (Phi) is 6.55. The first kappa shape index (κ1) is 19.7. The van der Waals surface area contributed by atoms with Crippen LogP contribution in [-0.2, 0) is 13.0 Å². The smallest absolute Gasteiger partial charge is 0.255 e. The highest BCUT2D eigenvalue weighted by atomic mass is 35.5. The molecule has 2 aliphatic heterocycles. The summed E-state index contributed by atoms with van der Waals surface area (Å²) in [4.78, 5) is 18.6. The molecule has 0 radical (unpaired) electrons. The number of fused-ring (bicyclic) bond motifs is 1. The molecule has 0 N–H and O–H groups in total. The molecule has 0 bridgehead atoms. The topological polar surface area (TPSA) is 32.8 Å². The maximum absolute atomic E-state index is 12.8. The van der Waals surface area contributed by atoms with Gasteiger partial charge in [0.2, 0.25) is 0 Å². The first-order chi connectivity index (χ1) is 13.7. The van der Waals surface area contributed by atoms with E-state index in [-0.39, 0.29) is 5.91 Å². The molecule has 1 saturated heterocycles. The van der Waals surface area contributed by atoms with Gasteiger partial charge < -0.3 is 14.5 Å². The van der Waals surface area contributed by atoms with Crippen LogP contribution >= 0.6 is 22.9 Å². The second kappa shape index (κ2) is 9.29. The van der Waals surface area contributed by atoms with Gasteiger partial charge in [0, 0.05) is 24.5 Å². The fourth-order valence-corrected chi connectivity index (χ4v) is 5.25. The number of thiophene rings is 1. The molecule has 1 aromatic carbocycles. The third kappa shape index (κ3) is 4.70. The van der Waals surface area contributed by atoms with E-state index in [1.54, 1.807) is 23.5 Å². The predicted molar refractivity (Wildman–Crippen MR) is 115 cm³/mol. The number of hydrogen-bond acceptors (Lipinski definition) is 4. The van der Waals surface area contributed by atoms with Gasteiger partial charge in [-0.25, -0.2) is 0 Å². The van der Waals surface area contributed by atoms with E-state index >= 15 is 0 Å². The Hall–Kier alpha value is -1.56. The van der Waals surface area contributed by atoms with Gasteiger partial charge in [-0.05, 0) is 62.5 Å². The van der Waals surface area contributed by atoms with Crippen molar-refractivity contribution in [3.8, 4) is 5.06 Å². The van der Waals surface area contributed by atoms with Crippen molar-refractivity contribution < 1.29 is 9.53 Å². The third-order valence-corrected chi connectivity index (χ3v) is 7.03. The number of amides is 1. The first-order valence-electron chi connectivity index (χ1n) is 10.2. The average molecular weight is 419 g/mol. The van der Waals surface area contributed by atoms with E-state index in [1.165, 1.54) is 42.8 Å². The summed E-state index contributed by atoms with van der Waals surface area (Å²) in [6, 6.07) is 9.39. The number of carbonyl (C=O) groups excluding carboxylic acids is 1. The van der Waals surface area contributed by atoms with Crippen LogP contribution in [0.25, 0.3) is 0 Å². The highest BCUT2D eigenvalue weighted by Crippen LogP contribution is 2.34. The summed E-state index contributed by atoms with van der Waals surface area (Å²) in [6.07, 6.45) is 6.00. The van der Waals surface area contributed by atoms with Crippen LogP contribution in [0.1, 0.15) is 46.5 Å². The van der Waals surface area contributed by atoms with E-state index in [9.17, 15) is 4.79 Å². The summed E-state index contributed by atoms with van der Waals surface area (Å²) >= 11 is 7.94. The highest BCUT2D eigenvalue weighted by molar-refractivity contribution is 7.14. The maximum atomic E-state index is 12.8. The molecule has 3 heterocycles. The summed E-state index contributed by atoms with van der Waals surface area (Å²) in [5.74, 6) is 0.00597. The van der Waals surface area contributed by atoms with Gasteiger partial charge in [0.15, 0.2) is 5.06 Å². The number of nitrogens with zero attached hydrogens (tertiary/aromatic N) is 2. The van der Waals surface area contributed by atoms with Crippen molar-refractivity contribution in [1.82, 2.24) is 9.80 Å². The number of rotatable bonds is 6. The van der Waals surface area contributed by atoms with Crippen LogP contribution < -0.4 is 4.74 Å². The lowest BCUT2D eigenvalue weighted by Gasteiger charge is -2.27. The van der Waals surface area contributed by atoms with Crippen molar-refractivity contribution in [2.75, 3.05) is 32.8 Å². The Labute approximate surface area is 176 Å². The molecule has 0 atom stereocenters. The zero-order chi connectivity index (χ0) is 19.3. The number of carbonyl (C=O) groups is 1. The summed E-state index contributed by atoms with van der Waals surface area (Å²) in [5, 5.41) is 1.50. The number of hydrogen-bond donors (Lipinski definition) is 0. The molecule has 0 unspecified atom stereocenters. The van der Waals surface area contributed by atoms with Gasteiger partial charge in [-0.15, -0.1) is 11.3 Å². The Morgan fingerprint density at radius 3 is 2.79 bits per heavy atom. The quantitative estimate of drug-likeness (QED) is 0.628. The van der Waals surface area contributed by atoms with Crippen molar-refractivity contribution in [2.24, 2.45) is 0 Å². The molecule has 4 rings (SSSR count). The number of piperidine rings is 1. The number of likely N-dealkylation sites (tertiary alicyclic amines) is 1. The molecule has 0 aliphatic carbocycles. The number of halogens is 1. The summed E-state index contributed by atoms with van der Waals surface area (Å²) in [5.41, 5.74) is 1.79. The molecule has 6 heteroatoms. The molecular formula is C22H27ClN2O2S. The SMILES string of the molecule is O=C(c1ccccc1Cl)N1CCc2sc(OCCCN3CCCCC3)cc2C1. The minimum Gasteiger partial charge on any atom is -0.484 e. The van der Waals surface area contributed by atoms with Crippen LogP contribution in [0.3, 0.4) is 0 Å². The minimum absolute atomic E-state index is 0.00597. The van der Waals surface area contributed by atoms with Crippen LogP contribution in [0, 0.1) is 0 Å². The highest BCUT2D eigenvalue weighted by Gasteiger charge is 2.25. The van der Waals surface area contributed by atoms with Gasteiger partial charge in [-0.1, -0.05) is 30.2 Å². The fourth-order valence-electron chi connectivity index (χ4n) is 4.00. The molecule has 0 spiro atoms. The van der Waals surface area contributed by atoms with E-state index in [1.807, 2.05) is 17.0 Å². The summed E-state index contributed by atoms with van der Waals surface area (Å²) in [6.45, 7) is 5.73. The van der Waals surface area contributed by atoms with Crippen LogP contribution in [0.2, 0.25) is 5.02 Å². The van der Waals surface area contributed by atoms with Crippen molar-refractivity contribution in [2.45, 2.75) is 38.6 Å². The Morgan fingerprint density at radius 1 is 1.14 bits per heavy atom. The fraction of sp³-hybridized carbons (Fsp3) is 0.500. The third-order valence-electron chi connectivity index (χ3n) is 5.55. The molecule has 1 amide bonds. The van der Waals surface area contributed by atoms with Gasteiger partial charge in [0.25, 0.3) is 5.91 Å². The Balaban J connectivity index is 1.29. The van der Waals surface area contributed by atoms with Crippen molar-refractivity contribution >= 4 is 28.8 Å². The van der Waals surface area contributed by atoms with Gasteiger partial charge in [-0.2, -0.15) is 0 Å². The van der Waals surface area contributed by atoms with Gasteiger partial charge in [0.1, 0.15) is 0 Å². The van der Waals surface area contributed by atoms with E-state index in [4.69, 9.17) is 16.3 Å². The average Bonchev–Trinajstić information content (AvgIpc) is 3.14. The van der Waals surface area contributed by atoms with Crippen LogP contribution in [0.15, 0.2) is 30.3 Å². The van der Waals surface area contributed by atoms with Gasteiger partial charge in [0.05, 0.1) is 17.2 Å². The zero-order valence-electron chi connectivity index (χ0n) is 16.2. The second-order valence-electron chi connectivity index (χ2n) is 7.57. The molecule has 2 aliphatic rings.